The van der Waals surface area contributed by atoms with Gasteiger partial charge in [0.1, 0.15) is 11.2 Å². The van der Waals surface area contributed by atoms with Crippen molar-refractivity contribution >= 4 is 56.2 Å². The third-order valence-corrected chi connectivity index (χ3v) is 9.40. The Hall–Kier alpha value is -4.21. The van der Waals surface area contributed by atoms with Crippen molar-refractivity contribution < 1.29 is 4.57 Å². The molecule has 3 heteroatoms. The fraction of sp³-hybridized carbons (Fsp3) is 0.154. The summed E-state index contributed by atoms with van der Waals surface area (Å²) in [6, 6.07) is 52.2. The molecule has 0 aliphatic heterocycles. The molecular weight excluding hydrogens is 525 g/mol. The second kappa shape index (κ2) is 14.6. The van der Waals surface area contributed by atoms with Crippen molar-refractivity contribution in [3.8, 4) is 0 Å². The predicted molar refractivity (Wildman–Crippen MR) is 187 cm³/mol. The molecule has 0 aliphatic carbocycles. The monoisotopic (exact) mass is 565 g/mol. The van der Waals surface area contributed by atoms with Crippen molar-refractivity contribution in [3.05, 3.63) is 156 Å². The molecule has 0 atom stereocenters. The van der Waals surface area contributed by atoms with Gasteiger partial charge in [0.25, 0.3) is 5.01 Å². The molecule has 1 nitrogen and oxygen atoms in total. The molecule has 0 bridgehead atoms. The lowest BCUT2D eigenvalue weighted by Crippen LogP contribution is -2.66. The van der Waals surface area contributed by atoms with Crippen LogP contribution in [-0.4, -0.2) is 6.15 Å². The Morgan fingerprint density at radius 1 is 0.571 bits per heavy atom. The molecule has 6 aromatic rings. The molecule has 0 spiro atoms. The Labute approximate surface area is 255 Å². The Morgan fingerprint density at radius 2 is 1.05 bits per heavy atom. The Kier molecular flexibility index (Phi) is 10.2. The van der Waals surface area contributed by atoms with Gasteiger partial charge in [0.05, 0.1) is 6.15 Å². The molecule has 6 rings (SSSR count). The van der Waals surface area contributed by atoms with E-state index in [1.54, 1.807) is 0 Å². The first-order chi connectivity index (χ1) is 20.8. The summed E-state index contributed by atoms with van der Waals surface area (Å²) in [5.74, 6) is 0. The number of aromatic nitrogens is 1. The average Bonchev–Trinajstić information content (AvgIpc) is 3.44. The summed E-state index contributed by atoms with van der Waals surface area (Å²) in [5, 5.41) is 1.30. The fourth-order valence-electron chi connectivity index (χ4n) is 6.17. The van der Waals surface area contributed by atoms with Crippen molar-refractivity contribution in [1.29, 1.82) is 0 Å². The lowest BCUT2D eigenvalue weighted by Gasteiger charge is -2.43. The smallest absolute Gasteiger partial charge is 0.200 e. The van der Waals surface area contributed by atoms with Gasteiger partial charge in [-0.25, -0.2) is 0 Å². The summed E-state index contributed by atoms with van der Waals surface area (Å²) in [6.45, 7) is 5.47. The standard InChI is InChI=1S/C22H24B.C17H16NS/c1-2-3-19-23(20-13-7-4-8-14-20,21-15-9-5-10-16-21)22-17-11-6-12-18-22;1-2-18-15-10-6-7-11-16(15)19-17(18)13-12-14-8-4-3-5-9-14/h4-18H,2-3,19H2,1H3;3-13H,2H2,1H3/q-1;+1. The van der Waals surface area contributed by atoms with Crippen molar-refractivity contribution in [3.63, 3.8) is 0 Å². The second-order valence-electron chi connectivity index (χ2n) is 10.8. The van der Waals surface area contributed by atoms with Crippen molar-refractivity contribution in [1.82, 2.24) is 0 Å². The normalized spacial score (nSPS) is 11.4. The number of unbranched alkanes of at least 4 members (excludes halogenated alkanes) is 1. The van der Waals surface area contributed by atoms with Crippen molar-refractivity contribution in [2.75, 3.05) is 0 Å². The quantitative estimate of drug-likeness (QED) is 0.123. The summed E-state index contributed by atoms with van der Waals surface area (Å²) in [6.07, 6.45) is 7.12. The van der Waals surface area contributed by atoms with Crippen LogP contribution in [0.2, 0.25) is 6.32 Å². The number of hydrogen-bond acceptors (Lipinski definition) is 1. The molecule has 0 N–H and O–H groups in total. The van der Waals surface area contributed by atoms with E-state index in [2.05, 4.69) is 170 Å². The zero-order chi connectivity index (χ0) is 29.0. The van der Waals surface area contributed by atoms with Crippen LogP contribution in [-0.2, 0) is 6.54 Å². The van der Waals surface area contributed by atoms with E-state index in [-0.39, 0.29) is 0 Å². The van der Waals surface area contributed by atoms with Gasteiger partial charge in [-0.3, -0.25) is 0 Å². The minimum Gasteiger partial charge on any atom is -0.200 e. The van der Waals surface area contributed by atoms with Gasteiger partial charge in [-0.15, -0.1) is 0 Å². The predicted octanol–water partition coefficient (Wildman–Crippen LogP) is 8.34. The third-order valence-electron chi connectivity index (χ3n) is 8.27. The van der Waals surface area contributed by atoms with Gasteiger partial charge < -0.3 is 0 Å². The number of para-hydroxylation sites is 1. The molecule has 210 valence electrons. The molecule has 5 aromatic carbocycles. The zero-order valence-corrected chi connectivity index (χ0v) is 25.6. The van der Waals surface area contributed by atoms with Crippen LogP contribution in [0, 0.1) is 0 Å². The van der Waals surface area contributed by atoms with Crippen LogP contribution < -0.4 is 21.0 Å². The van der Waals surface area contributed by atoms with Gasteiger partial charge in [-0.05, 0) is 24.6 Å². The Morgan fingerprint density at radius 3 is 1.55 bits per heavy atom. The van der Waals surface area contributed by atoms with Crippen LogP contribution in [0.4, 0.5) is 0 Å². The maximum atomic E-state index is 2.36. The van der Waals surface area contributed by atoms with E-state index in [1.807, 2.05) is 17.4 Å². The highest BCUT2D eigenvalue weighted by atomic mass is 32.1. The maximum absolute atomic E-state index is 2.36. The van der Waals surface area contributed by atoms with E-state index in [4.69, 9.17) is 0 Å². The summed E-state index contributed by atoms with van der Waals surface area (Å²) >= 11 is 1.84. The summed E-state index contributed by atoms with van der Waals surface area (Å²) in [4.78, 5) is 0. The number of hydrogen-bond donors (Lipinski definition) is 0. The second-order valence-corrected chi connectivity index (χ2v) is 11.9. The molecule has 0 unspecified atom stereocenters. The molecular formula is C39H40BNS. The number of thiazole rings is 1. The van der Waals surface area contributed by atoms with E-state index in [0.717, 1.165) is 6.54 Å². The lowest BCUT2D eigenvalue weighted by atomic mass is 9.14. The van der Waals surface area contributed by atoms with E-state index in [1.165, 1.54) is 56.3 Å². The fourth-order valence-corrected chi connectivity index (χ4v) is 7.30. The van der Waals surface area contributed by atoms with E-state index in [0.29, 0.717) is 0 Å². The van der Waals surface area contributed by atoms with E-state index < -0.39 is 6.15 Å². The first kappa shape index (κ1) is 29.3. The highest BCUT2D eigenvalue weighted by Gasteiger charge is 2.28. The van der Waals surface area contributed by atoms with E-state index in [9.17, 15) is 0 Å². The number of rotatable bonds is 9. The van der Waals surface area contributed by atoms with E-state index >= 15 is 0 Å². The largest absolute Gasteiger partial charge is 0.262 e. The van der Waals surface area contributed by atoms with Gasteiger partial charge in [-0.2, -0.15) is 27.3 Å². The topological polar surface area (TPSA) is 3.88 Å². The van der Waals surface area contributed by atoms with Gasteiger partial charge in [-0.1, -0.05) is 165 Å². The van der Waals surface area contributed by atoms with Crippen LogP contribution in [0.5, 0.6) is 0 Å². The molecule has 0 radical (unpaired) electrons. The highest BCUT2D eigenvalue weighted by molar-refractivity contribution is 7.18. The molecule has 1 aromatic heterocycles. The van der Waals surface area contributed by atoms with Gasteiger partial charge in [0.2, 0.25) is 5.52 Å². The molecule has 0 aliphatic rings. The van der Waals surface area contributed by atoms with Crippen LogP contribution in [0.1, 0.15) is 37.3 Å². The summed E-state index contributed by atoms with van der Waals surface area (Å²) in [5.41, 5.74) is 6.89. The lowest BCUT2D eigenvalue weighted by molar-refractivity contribution is -0.665. The zero-order valence-electron chi connectivity index (χ0n) is 24.8. The summed E-state index contributed by atoms with van der Waals surface area (Å²) < 4.78 is 3.71. The first-order valence-corrected chi connectivity index (χ1v) is 16.1. The van der Waals surface area contributed by atoms with Crippen LogP contribution in [0.3, 0.4) is 0 Å². The number of benzene rings is 5. The van der Waals surface area contributed by atoms with Crippen LogP contribution >= 0.6 is 11.3 Å². The number of nitrogens with zero attached hydrogens (tertiary/aromatic N) is 1. The molecule has 42 heavy (non-hydrogen) atoms. The SMILES string of the molecule is CCCC[B-](c1ccccc1)(c1ccccc1)c1ccccc1.CC[n+]1c(C=Cc2ccccc2)sc2ccccc21. The number of aryl methyl sites for hydroxylation is 1. The molecule has 0 amide bonds. The van der Waals surface area contributed by atoms with Crippen LogP contribution in [0.25, 0.3) is 22.4 Å². The Bertz CT molecular complexity index is 1580. The molecule has 0 saturated heterocycles. The highest BCUT2D eigenvalue weighted by Crippen LogP contribution is 2.22. The van der Waals surface area contributed by atoms with Gasteiger partial charge >= 0.3 is 0 Å². The first-order valence-electron chi connectivity index (χ1n) is 15.2. The average molecular weight is 566 g/mol. The molecule has 1 heterocycles. The van der Waals surface area contributed by atoms with Crippen molar-refractivity contribution in [2.45, 2.75) is 39.6 Å². The molecule has 0 fully saturated rings. The maximum Gasteiger partial charge on any atom is 0.262 e. The number of fused-ring (bicyclic) bond motifs is 1. The van der Waals surface area contributed by atoms with Gasteiger partial charge in [0.15, 0.2) is 0 Å². The minimum absolute atomic E-state index is 0.913. The summed E-state index contributed by atoms with van der Waals surface area (Å²) in [7, 11) is 0. The minimum atomic E-state index is -0.913. The third kappa shape index (κ3) is 6.64. The molecule has 0 saturated carbocycles. The van der Waals surface area contributed by atoms with Crippen molar-refractivity contribution in [2.24, 2.45) is 0 Å². The van der Waals surface area contributed by atoms with Gasteiger partial charge in [0, 0.05) is 12.1 Å². The van der Waals surface area contributed by atoms with Crippen LogP contribution in [0.15, 0.2) is 146 Å². The Balaban J connectivity index is 0.000000171.